The Morgan fingerprint density at radius 2 is 2.15 bits per heavy atom. The molecule has 0 spiro atoms. The van der Waals surface area contributed by atoms with Crippen molar-refractivity contribution in [1.82, 2.24) is 5.32 Å². The number of carbonyl (C=O) groups excluding carboxylic acids is 1. The summed E-state index contributed by atoms with van der Waals surface area (Å²) in [7, 11) is 1.50. The number of aliphatic hydroxyl groups is 1. The van der Waals surface area contributed by atoms with Crippen LogP contribution in [0.1, 0.15) is 30.6 Å². The van der Waals surface area contributed by atoms with Crippen LogP contribution in [0.2, 0.25) is 5.02 Å². The van der Waals surface area contributed by atoms with Crippen molar-refractivity contribution in [1.29, 1.82) is 0 Å². The molecule has 0 fully saturated rings. The lowest BCUT2D eigenvalue weighted by Crippen LogP contribution is -2.33. The van der Waals surface area contributed by atoms with E-state index in [9.17, 15) is 9.90 Å². The number of ether oxygens (including phenoxy) is 1. The van der Waals surface area contributed by atoms with Crippen molar-refractivity contribution in [2.45, 2.75) is 26.4 Å². The third kappa shape index (κ3) is 5.10. The largest absolute Gasteiger partial charge is 0.496 e. The molecule has 1 amide bonds. The molecule has 0 saturated carbocycles. The second kappa shape index (κ2) is 8.05. The van der Waals surface area contributed by atoms with E-state index >= 15 is 0 Å². The number of hydrogen-bond donors (Lipinski definition) is 2. The lowest BCUT2D eigenvalue weighted by atomic mass is 10.1. The van der Waals surface area contributed by atoms with Gasteiger partial charge in [0.05, 0.1) is 23.8 Å². The fourth-order valence-corrected chi connectivity index (χ4v) is 2.41. The molecule has 112 valence electrons. The maximum Gasteiger partial charge on any atom is 0.255 e. The Labute approximate surface area is 138 Å². The minimum absolute atomic E-state index is 0.212. The highest BCUT2D eigenvalue weighted by atomic mass is 127. The third-order valence-electron chi connectivity index (χ3n) is 2.73. The summed E-state index contributed by atoms with van der Waals surface area (Å²) in [6, 6.07) is 3.29. The first-order chi connectivity index (χ1) is 9.35. The highest BCUT2D eigenvalue weighted by molar-refractivity contribution is 14.1. The van der Waals surface area contributed by atoms with Crippen molar-refractivity contribution < 1.29 is 14.6 Å². The van der Waals surface area contributed by atoms with E-state index in [0.29, 0.717) is 28.7 Å². The summed E-state index contributed by atoms with van der Waals surface area (Å²) in [4.78, 5) is 12.1. The summed E-state index contributed by atoms with van der Waals surface area (Å²) >= 11 is 8.10. The predicted molar refractivity (Wildman–Crippen MR) is 88.5 cm³/mol. The summed E-state index contributed by atoms with van der Waals surface area (Å²) in [6.45, 7) is 4.25. The van der Waals surface area contributed by atoms with Gasteiger partial charge in [-0.15, -0.1) is 0 Å². The van der Waals surface area contributed by atoms with Gasteiger partial charge in [-0.2, -0.15) is 0 Å². The summed E-state index contributed by atoms with van der Waals surface area (Å²) in [5, 5.41) is 13.0. The topological polar surface area (TPSA) is 58.6 Å². The number of benzene rings is 1. The number of rotatable bonds is 6. The first-order valence-electron chi connectivity index (χ1n) is 6.34. The van der Waals surface area contributed by atoms with Gasteiger partial charge in [0.2, 0.25) is 0 Å². The molecule has 4 nitrogen and oxygen atoms in total. The van der Waals surface area contributed by atoms with Crippen molar-refractivity contribution >= 4 is 40.1 Å². The standard InChI is InChI=1S/C14H19ClINO3/c1-8(2)4-9(18)7-17-14(19)10-5-11(15)12(16)6-13(10)20-3/h5-6,8-9,18H,4,7H2,1-3H3,(H,17,19). The van der Waals surface area contributed by atoms with Gasteiger partial charge >= 0.3 is 0 Å². The van der Waals surface area contributed by atoms with Gasteiger partial charge in [0.15, 0.2) is 0 Å². The summed E-state index contributed by atoms with van der Waals surface area (Å²) in [5.74, 6) is 0.543. The summed E-state index contributed by atoms with van der Waals surface area (Å²) in [6.07, 6.45) is 0.0921. The van der Waals surface area contributed by atoms with Crippen LogP contribution in [0.3, 0.4) is 0 Å². The van der Waals surface area contributed by atoms with Gasteiger partial charge in [-0.3, -0.25) is 4.79 Å². The molecule has 0 aliphatic heterocycles. The zero-order chi connectivity index (χ0) is 15.3. The lowest BCUT2D eigenvalue weighted by Gasteiger charge is -2.15. The third-order valence-corrected chi connectivity index (χ3v) is 4.25. The Morgan fingerprint density at radius 1 is 1.50 bits per heavy atom. The van der Waals surface area contributed by atoms with Gasteiger partial charge in [0, 0.05) is 10.1 Å². The molecule has 0 aliphatic rings. The zero-order valence-corrected chi connectivity index (χ0v) is 14.7. The number of amides is 1. The Kier molecular flexibility index (Phi) is 7.05. The Bertz CT molecular complexity index is 480. The SMILES string of the molecule is COc1cc(I)c(Cl)cc1C(=O)NCC(O)CC(C)C. The predicted octanol–water partition coefficient (Wildman–Crippen LogP) is 3.09. The normalized spacial score (nSPS) is 12.3. The van der Waals surface area contributed by atoms with E-state index in [2.05, 4.69) is 27.9 Å². The van der Waals surface area contributed by atoms with Crippen molar-refractivity contribution in [2.24, 2.45) is 5.92 Å². The molecule has 1 aromatic carbocycles. The maximum atomic E-state index is 12.1. The van der Waals surface area contributed by atoms with E-state index in [-0.39, 0.29) is 12.5 Å². The molecule has 0 aliphatic carbocycles. The fourth-order valence-electron chi connectivity index (χ4n) is 1.81. The van der Waals surface area contributed by atoms with Crippen LogP contribution in [0.5, 0.6) is 5.75 Å². The van der Waals surface area contributed by atoms with Crippen LogP contribution in [-0.4, -0.2) is 30.8 Å². The number of halogens is 2. The van der Waals surface area contributed by atoms with Crippen LogP contribution in [0.15, 0.2) is 12.1 Å². The molecule has 6 heteroatoms. The number of methoxy groups -OCH3 is 1. The van der Waals surface area contributed by atoms with Crippen molar-refractivity contribution in [3.8, 4) is 5.75 Å². The van der Waals surface area contributed by atoms with Crippen molar-refractivity contribution in [3.05, 3.63) is 26.3 Å². The molecule has 0 aromatic heterocycles. The van der Waals surface area contributed by atoms with Gasteiger partial charge < -0.3 is 15.2 Å². The minimum atomic E-state index is -0.552. The highest BCUT2D eigenvalue weighted by Crippen LogP contribution is 2.28. The van der Waals surface area contributed by atoms with E-state index in [1.54, 1.807) is 12.1 Å². The Balaban J connectivity index is 2.75. The van der Waals surface area contributed by atoms with Crippen LogP contribution >= 0.6 is 34.2 Å². The molecule has 0 saturated heterocycles. The maximum absolute atomic E-state index is 12.1. The van der Waals surface area contributed by atoms with E-state index in [4.69, 9.17) is 16.3 Å². The summed E-state index contributed by atoms with van der Waals surface area (Å²) < 4.78 is 6.00. The molecule has 1 rings (SSSR count). The molecule has 2 N–H and O–H groups in total. The van der Waals surface area contributed by atoms with Crippen LogP contribution in [0.4, 0.5) is 0 Å². The smallest absolute Gasteiger partial charge is 0.255 e. The van der Waals surface area contributed by atoms with Crippen LogP contribution in [0, 0.1) is 9.49 Å². The molecule has 1 unspecified atom stereocenters. The van der Waals surface area contributed by atoms with E-state index in [1.165, 1.54) is 7.11 Å². The zero-order valence-electron chi connectivity index (χ0n) is 11.7. The molecule has 20 heavy (non-hydrogen) atoms. The molecule has 1 aromatic rings. The van der Waals surface area contributed by atoms with Gasteiger partial charge in [-0.25, -0.2) is 0 Å². The van der Waals surface area contributed by atoms with Gasteiger partial charge in [0.25, 0.3) is 5.91 Å². The summed E-state index contributed by atoms with van der Waals surface area (Å²) in [5.41, 5.74) is 0.370. The second-order valence-electron chi connectivity index (χ2n) is 4.96. The average molecular weight is 412 g/mol. The van der Waals surface area contributed by atoms with E-state index in [1.807, 2.05) is 13.8 Å². The molecule has 1 atom stereocenters. The number of hydrogen-bond acceptors (Lipinski definition) is 3. The average Bonchev–Trinajstić information content (AvgIpc) is 2.37. The first kappa shape index (κ1) is 17.5. The van der Waals surface area contributed by atoms with Crippen molar-refractivity contribution in [2.75, 3.05) is 13.7 Å². The van der Waals surface area contributed by atoms with E-state index < -0.39 is 6.10 Å². The van der Waals surface area contributed by atoms with Gasteiger partial charge in [0.1, 0.15) is 5.75 Å². The molecular formula is C14H19ClINO3. The van der Waals surface area contributed by atoms with Gasteiger partial charge in [-0.05, 0) is 47.1 Å². The molecular weight excluding hydrogens is 393 g/mol. The Morgan fingerprint density at radius 3 is 2.70 bits per heavy atom. The van der Waals surface area contributed by atoms with Crippen LogP contribution < -0.4 is 10.1 Å². The molecule has 0 bridgehead atoms. The lowest BCUT2D eigenvalue weighted by molar-refractivity contribution is 0.0897. The Hall–Kier alpha value is -0.530. The highest BCUT2D eigenvalue weighted by Gasteiger charge is 2.16. The van der Waals surface area contributed by atoms with E-state index in [0.717, 1.165) is 3.57 Å². The molecule has 0 heterocycles. The van der Waals surface area contributed by atoms with Crippen molar-refractivity contribution in [3.63, 3.8) is 0 Å². The quantitative estimate of drug-likeness (QED) is 0.707. The van der Waals surface area contributed by atoms with Crippen LogP contribution in [0.25, 0.3) is 0 Å². The van der Waals surface area contributed by atoms with Gasteiger partial charge in [-0.1, -0.05) is 25.4 Å². The number of carbonyl (C=O) groups is 1. The monoisotopic (exact) mass is 411 g/mol. The fraction of sp³-hybridized carbons (Fsp3) is 0.500. The second-order valence-corrected chi connectivity index (χ2v) is 6.53. The van der Waals surface area contributed by atoms with Crippen LogP contribution in [-0.2, 0) is 0 Å². The molecule has 0 radical (unpaired) electrons. The minimum Gasteiger partial charge on any atom is -0.496 e. The number of aliphatic hydroxyl groups excluding tert-OH is 1. The number of nitrogens with one attached hydrogen (secondary N) is 1. The first-order valence-corrected chi connectivity index (χ1v) is 7.80.